The molecule has 0 aliphatic carbocycles. The molecule has 0 aromatic heterocycles. The van der Waals surface area contributed by atoms with E-state index in [4.69, 9.17) is 16.1 Å². The van der Waals surface area contributed by atoms with Crippen molar-refractivity contribution in [2.45, 2.75) is 25.2 Å². The smallest absolute Gasteiger partial charge is 0.240 e. The molecule has 1 rings (SSSR count). The maximum atomic E-state index is 11.7. The molecule has 0 heterocycles. The van der Waals surface area contributed by atoms with Gasteiger partial charge in [0.25, 0.3) is 0 Å². The number of primary sulfonamides is 1. The zero-order valence-corrected chi connectivity index (χ0v) is 12.5. The first-order chi connectivity index (χ1) is 9.25. The molecule has 1 aromatic carbocycles. The quantitative estimate of drug-likeness (QED) is 0.768. The van der Waals surface area contributed by atoms with Gasteiger partial charge in [-0.15, -0.1) is 0 Å². The second kappa shape index (κ2) is 6.59. The highest BCUT2D eigenvalue weighted by Crippen LogP contribution is 2.27. The summed E-state index contributed by atoms with van der Waals surface area (Å²) in [4.78, 5) is 1.85. The molecule has 4 N–H and O–H groups in total. The first-order valence-electron chi connectivity index (χ1n) is 6.30. The first kappa shape index (κ1) is 16.3. The average Bonchev–Trinajstić information content (AvgIpc) is 2.33. The van der Waals surface area contributed by atoms with Crippen LogP contribution in [0, 0.1) is 17.2 Å². The molecule has 7 heteroatoms. The van der Waals surface area contributed by atoms with E-state index in [0.717, 1.165) is 0 Å². The number of nitrogens with two attached hydrogens (primary N) is 2. The second-order valence-electron chi connectivity index (χ2n) is 5.02. The number of nitriles is 1. The van der Waals surface area contributed by atoms with Crippen LogP contribution >= 0.6 is 0 Å². The lowest BCUT2D eigenvalue weighted by Gasteiger charge is -2.27. The predicted octanol–water partition coefficient (Wildman–Crippen LogP) is 1.29. The Kier molecular flexibility index (Phi) is 5.36. The summed E-state index contributed by atoms with van der Waals surface area (Å²) >= 11 is 0. The summed E-state index contributed by atoms with van der Waals surface area (Å²) in [5, 5.41) is 14.0. The van der Waals surface area contributed by atoms with Gasteiger partial charge in [-0.05, 0) is 24.1 Å². The number of sulfonamides is 1. The van der Waals surface area contributed by atoms with Crippen molar-refractivity contribution in [1.29, 1.82) is 5.26 Å². The number of nitrogens with zero attached hydrogens (tertiary/aromatic N) is 2. The van der Waals surface area contributed by atoms with Crippen molar-refractivity contribution in [3.8, 4) is 6.07 Å². The van der Waals surface area contributed by atoms with Crippen molar-refractivity contribution in [2.75, 3.05) is 23.7 Å². The number of hydrogen-bond donors (Lipinski definition) is 2. The van der Waals surface area contributed by atoms with Crippen molar-refractivity contribution in [1.82, 2.24) is 0 Å². The molecule has 0 aliphatic heterocycles. The third-order valence-electron chi connectivity index (χ3n) is 2.71. The van der Waals surface area contributed by atoms with Crippen LogP contribution in [0.25, 0.3) is 0 Å². The van der Waals surface area contributed by atoms with E-state index < -0.39 is 10.0 Å². The van der Waals surface area contributed by atoms with Crippen LogP contribution in [-0.4, -0.2) is 21.5 Å². The lowest BCUT2D eigenvalue weighted by atomic mass is 10.1. The van der Waals surface area contributed by atoms with Gasteiger partial charge >= 0.3 is 0 Å². The molecule has 0 radical (unpaired) electrons. The first-order valence-corrected chi connectivity index (χ1v) is 7.84. The molecular weight excluding hydrogens is 276 g/mol. The Hall–Kier alpha value is -1.78. The molecule has 0 atom stereocenters. The molecule has 0 fully saturated rings. The van der Waals surface area contributed by atoms with Crippen LogP contribution in [0.15, 0.2) is 23.1 Å². The van der Waals surface area contributed by atoms with Crippen molar-refractivity contribution < 1.29 is 8.42 Å². The zero-order chi connectivity index (χ0) is 15.3. The summed E-state index contributed by atoms with van der Waals surface area (Å²) in [5.41, 5.74) is 6.46. The van der Waals surface area contributed by atoms with Gasteiger partial charge in [0, 0.05) is 18.8 Å². The molecule has 110 valence electrons. The van der Waals surface area contributed by atoms with Crippen LogP contribution in [-0.2, 0) is 10.0 Å². The van der Waals surface area contributed by atoms with E-state index in [-0.39, 0.29) is 4.90 Å². The SMILES string of the molecule is CC(C)CN(CCC#N)c1ccc(N)cc1S(N)(=O)=O. The zero-order valence-electron chi connectivity index (χ0n) is 11.7. The van der Waals surface area contributed by atoms with E-state index in [2.05, 4.69) is 6.07 Å². The average molecular weight is 296 g/mol. The highest BCUT2D eigenvalue weighted by molar-refractivity contribution is 7.89. The molecule has 6 nitrogen and oxygen atoms in total. The van der Waals surface area contributed by atoms with Crippen molar-refractivity contribution >= 4 is 21.4 Å². The van der Waals surface area contributed by atoms with E-state index in [9.17, 15) is 8.42 Å². The van der Waals surface area contributed by atoms with Crippen LogP contribution < -0.4 is 15.8 Å². The van der Waals surface area contributed by atoms with Gasteiger partial charge in [-0.3, -0.25) is 0 Å². The van der Waals surface area contributed by atoms with E-state index in [1.807, 2.05) is 18.7 Å². The van der Waals surface area contributed by atoms with Crippen molar-refractivity contribution in [3.05, 3.63) is 18.2 Å². The van der Waals surface area contributed by atoms with Gasteiger partial charge in [-0.25, -0.2) is 13.6 Å². The summed E-state index contributed by atoms with van der Waals surface area (Å²) in [6.45, 7) is 5.12. The van der Waals surface area contributed by atoms with Crippen LogP contribution in [0.5, 0.6) is 0 Å². The third-order valence-corrected chi connectivity index (χ3v) is 3.65. The Labute approximate surface area is 120 Å². The fourth-order valence-corrected chi connectivity index (χ4v) is 2.74. The molecule has 0 saturated carbocycles. The molecule has 0 spiro atoms. The number of rotatable bonds is 6. The summed E-state index contributed by atoms with van der Waals surface area (Å²) in [6, 6.07) is 6.68. The van der Waals surface area contributed by atoms with Gasteiger partial charge in [-0.1, -0.05) is 13.8 Å². The maximum Gasteiger partial charge on any atom is 0.240 e. The summed E-state index contributed by atoms with van der Waals surface area (Å²) in [6.07, 6.45) is 0.307. The fraction of sp³-hybridized carbons (Fsp3) is 0.462. The Morgan fingerprint density at radius 1 is 1.40 bits per heavy atom. The second-order valence-corrected chi connectivity index (χ2v) is 6.55. The molecule has 1 aromatic rings. The van der Waals surface area contributed by atoms with Gasteiger partial charge in [0.1, 0.15) is 4.90 Å². The highest BCUT2D eigenvalue weighted by atomic mass is 32.2. The van der Waals surface area contributed by atoms with Crippen LogP contribution in [0.2, 0.25) is 0 Å². The molecule has 0 saturated heterocycles. The van der Waals surface area contributed by atoms with E-state index in [1.54, 1.807) is 12.1 Å². The largest absolute Gasteiger partial charge is 0.399 e. The topological polar surface area (TPSA) is 113 Å². The van der Waals surface area contributed by atoms with Crippen LogP contribution in [0.1, 0.15) is 20.3 Å². The monoisotopic (exact) mass is 296 g/mol. The van der Waals surface area contributed by atoms with Gasteiger partial charge in [0.2, 0.25) is 10.0 Å². The standard InChI is InChI=1S/C13H20N4O2S/c1-10(2)9-17(7-3-6-14)12-5-4-11(15)8-13(12)20(16,18)19/h4-5,8,10H,3,7,9,15H2,1-2H3,(H2,16,18,19). The molecule has 0 amide bonds. The number of hydrogen-bond acceptors (Lipinski definition) is 5. The fourth-order valence-electron chi connectivity index (χ4n) is 1.96. The van der Waals surface area contributed by atoms with Crippen LogP contribution in [0.4, 0.5) is 11.4 Å². The van der Waals surface area contributed by atoms with Crippen molar-refractivity contribution in [3.63, 3.8) is 0 Å². The minimum Gasteiger partial charge on any atom is -0.399 e. The van der Waals surface area contributed by atoms with Gasteiger partial charge in [0.05, 0.1) is 18.2 Å². The van der Waals surface area contributed by atoms with Crippen LogP contribution in [0.3, 0.4) is 0 Å². The maximum absolute atomic E-state index is 11.7. The number of benzene rings is 1. The minimum atomic E-state index is -3.87. The molecular formula is C13H20N4O2S. The van der Waals surface area contributed by atoms with Crippen molar-refractivity contribution in [2.24, 2.45) is 11.1 Å². The lowest BCUT2D eigenvalue weighted by molar-refractivity contribution is 0.591. The Balaban J connectivity index is 3.28. The normalized spacial score (nSPS) is 11.3. The Bertz CT molecular complexity index is 605. The van der Waals surface area contributed by atoms with E-state index >= 15 is 0 Å². The highest BCUT2D eigenvalue weighted by Gasteiger charge is 2.19. The van der Waals surface area contributed by atoms with Gasteiger partial charge in [0.15, 0.2) is 0 Å². The molecule has 20 heavy (non-hydrogen) atoms. The summed E-state index contributed by atoms with van der Waals surface area (Å²) < 4.78 is 23.4. The minimum absolute atomic E-state index is 0.00362. The third kappa shape index (κ3) is 4.40. The number of anilines is 2. The lowest BCUT2D eigenvalue weighted by Crippen LogP contribution is -2.30. The van der Waals surface area contributed by atoms with Gasteiger partial charge < -0.3 is 10.6 Å². The molecule has 0 unspecified atom stereocenters. The van der Waals surface area contributed by atoms with Gasteiger partial charge in [-0.2, -0.15) is 5.26 Å². The van der Waals surface area contributed by atoms with E-state index in [1.165, 1.54) is 6.07 Å². The molecule has 0 bridgehead atoms. The number of nitrogen functional groups attached to an aromatic ring is 1. The predicted molar refractivity (Wildman–Crippen MR) is 79.5 cm³/mol. The summed E-state index contributed by atoms with van der Waals surface area (Å²) in [5.74, 6) is 0.319. The summed E-state index contributed by atoms with van der Waals surface area (Å²) in [7, 11) is -3.87. The molecule has 0 aliphatic rings. The van der Waals surface area contributed by atoms with E-state index in [0.29, 0.717) is 36.8 Å². The Morgan fingerprint density at radius 2 is 2.05 bits per heavy atom. The Morgan fingerprint density at radius 3 is 2.55 bits per heavy atom.